The first-order valence-corrected chi connectivity index (χ1v) is 7.45. The van der Waals surface area contributed by atoms with Crippen LogP contribution in [-0.4, -0.2) is 18.8 Å². The molecule has 0 amide bonds. The van der Waals surface area contributed by atoms with E-state index in [1.54, 1.807) is 17.8 Å². The topological polar surface area (TPSA) is 51.5 Å². The molecule has 0 radical (unpaired) electrons. The molecule has 0 atom stereocenters. The maximum Gasteiger partial charge on any atom is 0.341 e. The third kappa shape index (κ3) is 4.16. The third-order valence-electron chi connectivity index (χ3n) is 2.77. The molecule has 21 heavy (non-hydrogen) atoms. The molecule has 0 unspecified atom stereocenters. The van der Waals surface area contributed by atoms with Gasteiger partial charge in [0.05, 0.1) is 19.2 Å². The number of anilines is 1. The number of ether oxygens (including phenoxy) is 1. The van der Waals surface area contributed by atoms with Gasteiger partial charge < -0.3 is 14.5 Å². The minimum absolute atomic E-state index is 0.396. The Bertz CT molecular complexity index is 621. The van der Waals surface area contributed by atoms with Crippen LogP contribution in [-0.2, 0) is 11.3 Å². The zero-order chi connectivity index (χ0) is 15.1. The van der Waals surface area contributed by atoms with E-state index in [1.165, 1.54) is 13.4 Å². The zero-order valence-electron chi connectivity index (χ0n) is 11.8. The maximum absolute atomic E-state index is 11.4. The van der Waals surface area contributed by atoms with Crippen LogP contribution in [0.4, 0.5) is 5.69 Å². The van der Waals surface area contributed by atoms with Crippen LogP contribution in [0.3, 0.4) is 0 Å². The average molecular weight is 303 g/mol. The first kappa shape index (κ1) is 15.3. The van der Waals surface area contributed by atoms with Gasteiger partial charge in [0.15, 0.2) is 0 Å². The highest BCUT2D eigenvalue weighted by molar-refractivity contribution is 7.99. The van der Waals surface area contributed by atoms with Crippen molar-refractivity contribution in [1.82, 2.24) is 0 Å². The van der Waals surface area contributed by atoms with E-state index >= 15 is 0 Å². The Hall–Kier alpha value is -2.14. The van der Waals surface area contributed by atoms with Crippen LogP contribution in [0.5, 0.6) is 0 Å². The highest BCUT2D eigenvalue weighted by Crippen LogP contribution is 2.27. The Morgan fingerprint density at radius 3 is 3.05 bits per heavy atom. The number of methoxy groups -OCH3 is 1. The molecule has 0 bridgehead atoms. The van der Waals surface area contributed by atoms with Gasteiger partial charge in [-0.3, -0.25) is 0 Å². The Morgan fingerprint density at radius 2 is 2.29 bits per heavy atom. The molecule has 0 aliphatic heterocycles. The van der Waals surface area contributed by atoms with Crippen LogP contribution in [0.2, 0.25) is 0 Å². The van der Waals surface area contributed by atoms with Gasteiger partial charge in [-0.25, -0.2) is 4.79 Å². The predicted octanol–water partition coefficient (Wildman–Crippen LogP) is 3.96. The van der Waals surface area contributed by atoms with Crippen molar-refractivity contribution in [2.75, 3.05) is 18.2 Å². The summed E-state index contributed by atoms with van der Waals surface area (Å²) in [4.78, 5) is 12.5. The van der Waals surface area contributed by atoms with E-state index in [-0.39, 0.29) is 0 Å². The molecule has 5 heteroatoms. The van der Waals surface area contributed by atoms with E-state index in [0.29, 0.717) is 17.9 Å². The summed E-state index contributed by atoms with van der Waals surface area (Å²) in [6, 6.07) is 9.72. The van der Waals surface area contributed by atoms with Crippen LogP contribution < -0.4 is 5.32 Å². The summed E-state index contributed by atoms with van der Waals surface area (Å²) in [6.45, 7) is 4.23. The van der Waals surface area contributed by atoms with Gasteiger partial charge in [-0.15, -0.1) is 18.3 Å². The Morgan fingerprint density at radius 1 is 1.48 bits per heavy atom. The number of nitrogens with one attached hydrogen (secondary N) is 1. The maximum atomic E-state index is 11.4. The van der Waals surface area contributed by atoms with Gasteiger partial charge in [0.1, 0.15) is 12.0 Å². The quantitative estimate of drug-likeness (QED) is 0.477. The number of benzene rings is 1. The number of carbonyl (C=O) groups is 1. The molecule has 0 aliphatic rings. The number of esters is 1. The fraction of sp³-hybridized carbons (Fsp3) is 0.188. The molecule has 0 saturated heterocycles. The Labute approximate surface area is 128 Å². The molecule has 0 fully saturated rings. The molecule has 0 aliphatic carbocycles. The molecule has 110 valence electrons. The molecule has 2 rings (SSSR count). The van der Waals surface area contributed by atoms with Crippen molar-refractivity contribution >= 4 is 23.4 Å². The summed E-state index contributed by atoms with van der Waals surface area (Å²) in [5.41, 5.74) is 1.45. The molecule has 0 spiro atoms. The molecule has 1 N–H and O–H groups in total. The number of para-hydroxylation sites is 1. The molecular weight excluding hydrogens is 286 g/mol. The van der Waals surface area contributed by atoms with Gasteiger partial charge in [0.2, 0.25) is 0 Å². The number of hydrogen-bond donors (Lipinski definition) is 1. The zero-order valence-corrected chi connectivity index (χ0v) is 12.6. The summed E-state index contributed by atoms with van der Waals surface area (Å²) in [5.74, 6) is 1.14. The molecule has 1 heterocycles. The van der Waals surface area contributed by atoms with E-state index < -0.39 is 5.97 Å². The van der Waals surface area contributed by atoms with Gasteiger partial charge in [-0.05, 0) is 18.2 Å². The number of carbonyl (C=O) groups excluding carboxylic acids is 1. The van der Waals surface area contributed by atoms with Crippen molar-refractivity contribution in [3.05, 3.63) is 60.6 Å². The van der Waals surface area contributed by atoms with Crippen molar-refractivity contribution in [3.63, 3.8) is 0 Å². The van der Waals surface area contributed by atoms with Gasteiger partial charge in [-0.1, -0.05) is 18.2 Å². The van der Waals surface area contributed by atoms with Crippen LogP contribution >= 0.6 is 11.8 Å². The van der Waals surface area contributed by atoms with Crippen LogP contribution in [0.15, 0.2) is 58.6 Å². The SMILES string of the molecule is C=CCSc1ccccc1NCc1cc(C(=O)OC)co1. The lowest BCUT2D eigenvalue weighted by atomic mass is 10.3. The molecule has 0 saturated carbocycles. The minimum atomic E-state index is -0.396. The molecule has 1 aromatic heterocycles. The van der Waals surface area contributed by atoms with Crippen LogP contribution in [0, 0.1) is 0 Å². The van der Waals surface area contributed by atoms with E-state index in [1.807, 2.05) is 24.3 Å². The van der Waals surface area contributed by atoms with E-state index in [9.17, 15) is 4.79 Å². The van der Waals surface area contributed by atoms with Crippen molar-refractivity contribution in [3.8, 4) is 0 Å². The highest BCUT2D eigenvalue weighted by atomic mass is 32.2. The fourth-order valence-corrected chi connectivity index (χ4v) is 2.54. The standard InChI is InChI=1S/C16H17NO3S/c1-3-8-21-15-7-5-4-6-14(15)17-10-13-9-12(11-20-13)16(18)19-2/h3-7,9,11,17H,1,8,10H2,2H3. The van der Waals surface area contributed by atoms with E-state index in [4.69, 9.17) is 4.42 Å². The van der Waals surface area contributed by atoms with Crippen molar-refractivity contribution in [2.45, 2.75) is 11.4 Å². The van der Waals surface area contributed by atoms with E-state index in [0.717, 1.165) is 16.3 Å². The summed E-state index contributed by atoms with van der Waals surface area (Å²) in [7, 11) is 1.35. The number of rotatable bonds is 7. The highest BCUT2D eigenvalue weighted by Gasteiger charge is 2.10. The van der Waals surface area contributed by atoms with Gasteiger partial charge >= 0.3 is 5.97 Å². The number of furan rings is 1. The normalized spacial score (nSPS) is 10.1. The molecular formula is C16H17NO3S. The lowest BCUT2D eigenvalue weighted by Gasteiger charge is -2.09. The van der Waals surface area contributed by atoms with Crippen molar-refractivity contribution in [2.24, 2.45) is 0 Å². The molecule has 1 aromatic carbocycles. The summed E-state index contributed by atoms with van der Waals surface area (Å²) in [6.07, 6.45) is 3.28. The molecule has 2 aromatic rings. The average Bonchev–Trinajstić information content (AvgIpc) is 3.00. The second-order valence-corrected chi connectivity index (χ2v) is 5.30. The third-order valence-corrected chi connectivity index (χ3v) is 3.84. The Balaban J connectivity index is 2.01. The van der Waals surface area contributed by atoms with E-state index in [2.05, 4.69) is 22.7 Å². The van der Waals surface area contributed by atoms with Gasteiger partial charge in [0, 0.05) is 16.3 Å². The smallest absolute Gasteiger partial charge is 0.341 e. The first-order chi connectivity index (χ1) is 10.2. The second kappa shape index (κ2) is 7.59. The predicted molar refractivity (Wildman–Crippen MR) is 84.7 cm³/mol. The monoisotopic (exact) mass is 303 g/mol. The Kier molecular flexibility index (Phi) is 5.51. The fourth-order valence-electron chi connectivity index (χ4n) is 1.77. The molecule has 4 nitrogen and oxygen atoms in total. The van der Waals surface area contributed by atoms with Crippen LogP contribution in [0.1, 0.15) is 16.1 Å². The van der Waals surface area contributed by atoms with Gasteiger partial charge in [-0.2, -0.15) is 0 Å². The lowest BCUT2D eigenvalue weighted by molar-refractivity contribution is 0.0600. The van der Waals surface area contributed by atoms with Crippen molar-refractivity contribution in [1.29, 1.82) is 0 Å². The number of thioether (sulfide) groups is 1. The van der Waals surface area contributed by atoms with Gasteiger partial charge in [0.25, 0.3) is 0 Å². The first-order valence-electron chi connectivity index (χ1n) is 6.47. The number of hydrogen-bond acceptors (Lipinski definition) is 5. The second-order valence-electron chi connectivity index (χ2n) is 4.24. The summed E-state index contributed by atoms with van der Waals surface area (Å²) in [5, 5.41) is 3.31. The summed E-state index contributed by atoms with van der Waals surface area (Å²) < 4.78 is 9.99. The van der Waals surface area contributed by atoms with Crippen LogP contribution in [0.25, 0.3) is 0 Å². The van der Waals surface area contributed by atoms with Crippen molar-refractivity contribution < 1.29 is 13.9 Å². The largest absolute Gasteiger partial charge is 0.467 e. The minimum Gasteiger partial charge on any atom is -0.467 e. The lowest BCUT2D eigenvalue weighted by Crippen LogP contribution is -2.01. The summed E-state index contributed by atoms with van der Waals surface area (Å²) >= 11 is 1.71.